The molecule has 14 aromatic rings. The Balaban J connectivity index is 1.13. The molecule has 0 unspecified atom stereocenters. The lowest BCUT2D eigenvalue weighted by molar-refractivity contribution is 1.18. The SMILES string of the molecule is c1ccc(-n2c3ccccc3c3cc(-c4cccc5c6cccc7c8c9c(ccc%10c%11cccc%12c%13ccccc%13n(c%12%11)c%109)ccc8n(c45)c67)ccc32)cc1. The Morgan fingerprint density at radius 2 is 0.836 bits per heavy atom. The van der Waals surface area contributed by atoms with Crippen LogP contribution in [0.25, 0.3) is 126 Å². The number of rotatable bonds is 2. The molecule has 0 saturated carbocycles. The average molecular weight is 696 g/mol. The number of hydrogen-bond donors (Lipinski definition) is 0. The number of para-hydroxylation sites is 6. The zero-order valence-corrected chi connectivity index (χ0v) is 29.6. The van der Waals surface area contributed by atoms with Crippen LogP contribution in [0.4, 0.5) is 0 Å². The van der Waals surface area contributed by atoms with Crippen molar-refractivity contribution in [3.8, 4) is 16.8 Å². The van der Waals surface area contributed by atoms with Crippen LogP contribution in [0, 0.1) is 0 Å². The quantitative estimate of drug-likeness (QED) is 0.171. The van der Waals surface area contributed by atoms with E-state index in [1.54, 1.807) is 0 Å². The lowest BCUT2D eigenvalue weighted by Gasteiger charge is -2.10. The van der Waals surface area contributed by atoms with Crippen LogP contribution in [0.2, 0.25) is 0 Å². The predicted octanol–water partition coefficient (Wildman–Crippen LogP) is 13.9. The number of benzene rings is 9. The molecule has 0 radical (unpaired) electrons. The molecule has 252 valence electrons. The molecule has 3 heteroatoms. The normalized spacial score (nSPS) is 12.7. The summed E-state index contributed by atoms with van der Waals surface area (Å²) < 4.78 is 7.52. The molecule has 55 heavy (non-hydrogen) atoms. The molecule has 14 rings (SSSR count). The first-order valence-electron chi connectivity index (χ1n) is 19.1. The maximum absolute atomic E-state index is 2.58. The van der Waals surface area contributed by atoms with Crippen LogP contribution in [0.1, 0.15) is 0 Å². The van der Waals surface area contributed by atoms with E-state index in [0.717, 1.165) is 0 Å². The van der Waals surface area contributed by atoms with Crippen molar-refractivity contribution in [2.75, 3.05) is 0 Å². The summed E-state index contributed by atoms with van der Waals surface area (Å²) in [6.07, 6.45) is 0. The van der Waals surface area contributed by atoms with Gasteiger partial charge in [-0.25, -0.2) is 0 Å². The topological polar surface area (TPSA) is 13.8 Å². The summed E-state index contributed by atoms with van der Waals surface area (Å²) in [6, 6.07) is 65.5. The predicted molar refractivity (Wildman–Crippen MR) is 233 cm³/mol. The van der Waals surface area contributed by atoms with E-state index < -0.39 is 0 Å². The van der Waals surface area contributed by atoms with Crippen molar-refractivity contribution in [3.63, 3.8) is 0 Å². The molecule has 5 aromatic heterocycles. The van der Waals surface area contributed by atoms with Gasteiger partial charge in [0.05, 0.1) is 44.1 Å². The van der Waals surface area contributed by atoms with E-state index in [0.29, 0.717) is 0 Å². The Labute approximate surface area is 313 Å². The summed E-state index contributed by atoms with van der Waals surface area (Å²) in [5.74, 6) is 0. The van der Waals surface area contributed by atoms with Gasteiger partial charge in [0.15, 0.2) is 0 Å². The second-order valence-electron chi connectivity index (χ2n) is 15.2. The Morgan fingerprint density at radius 1 is 0.291 bits per heavy atom. The molecule has 5 heterocycles. The molecule has 0 spiro atoms. The minimum atomic E-state index is 1.18. The van der Waals surface area contributed by atoms with Gasteiger partial charge in [0.1, 0.15) is 0 Å². The zero-order chi connectivity index (χ0) is 35.5. The van der Waals surface area contributed by atoms with Crippen LogP contribution in [-0.2, 0) is 0 Å². The Hall–Kier alpha value is -7.36. The zero-order valence-electron chi connectivity index (χ0n) is 29.6. The molecule has 0 aliphatic rings. The highest BCUT2D eigenvalue weighted by atomic mass is 15.0. The van der Waals surface area contributed by atoms with Gasteiger partial charge in [0.2, 0.25) is 0 Å². The van der Waals surface area contributed by atoms with Crippen molar-refractivity contribution >= 4 is 109 Å². The van der Waals surface area contributed by atoms with E-state index in [1.807, 2.05) is 0 Å². The van der Waals surface area contributed by atoms with Crippen molar-refractivity contribution in [3.05, 3.63) is 176 Å². The van der Waals surface area contributed by atoms with Gasteiger partial charge in [-0.2, -0.15) is 0 Å². The lowest BCUT2D eigenvalue weighted by Crippen LogP contribution is -1.93. The highest BCUT2D eigenvalue weighted by molar-refractivity contribution is 6.36. The molecular weight excluding hydrogens is 667 g/mol. The first kappa shape index (κ1) is 28.2. The van der Waals surface area contributed by atoms with E-state index in [1.165, 1.54) is 126 Å². The third kappa shape index (κ3) is 3.31. The van der Waals surface area contributed by atoms with Crippen molar-refractivity contribution in [1.82, 2.24) is 13.4 Å². The summed E-state index contributed by atoms with van der Waals surface area (Å²) in [5, 5.41) is 15.6. The second-order valence-corrected chi connectivity index (χ2v) is 15.2. The van der Waals surface area contributed by atoms with Gasteiger partial charge >= 0.3 is 0 Å². The van der Waals surface area contributed by atoms with E-state index in [-0.39, 0.29) is 0 Å². The number of nitrogens with zero attached hydrogens (tertiary/aromatic N) is 3. The second kappa shape index (κ2) is 9.79. The summed E-state index contributed by atoms with van der Waals surface area (Å²) >= 11 is 0. The Kier molecular flexibility index (Phi) is 5.01. The van der Waals surface area contributed by atoms with E-state index in [4.69, 9.17) is 0 Å². The van der Waals surface area contributed by atoms with Crippen molar-refractivity contribution < 1.29 is 0 Å². The standard InChI is InChI=1S/C52H29N3/c1-2-11-32(12-3-1)53-43-21-6-5-14-35(43)42-29-31(25-27-45(42)53)33-15-8-17-37-38-19-10-20-41-48-46(55(49(33)37)51(38)41)28-24-30-23-26-40-39-18-9-16-36-34-13-4-7-22-44(34)54(50(36)39)52(40)47(30)48/h1-29H. The van der Waals surface area contributed by atoms with Gasteiger partial charge in [-0.3, -0.25) is 0 Å². The van der Waals surface area contributed by atoms with Gasteiger partial charge in [-0.15, -0.1) is 0 Å². The average Bonchev–Trinajstić information content (AvgIpc) is 4.04. The fourth-order valence-electron chi connectivity index (χ4n) is 10.6. The Bertz CT molecular complexity index is 3930. The molecule has 0 fully saturated rings. The van der Waals surface area contributed by atoms with Crippen LogP contribution in [0.3, 0.4) is 0 Å². The van der Waals surface area contributed by atoms with Gasteiger partial charge in [-0.05, 0) is 53.4 Å². The molecule has 0 N–H and O–H groups in total. The highest BCUT2D eigenvalue weighted by Gasteiger charge is 2.25. The van der Waals surface area contributed by atoms with Gasteiger partial charge in [-0.1, -0.05) is 133 Å². The highest BCUT2D eigenvalue weighted by Crippen LogP contribution is 2.48. The van der Waals surface area contributed by atoms with Crippen molar-refractivity contribution in [1.29, 1.82) is 0 Å². The molecule has 0 aliphatic heterocycles. The third-order valence-electron chi connectivity index (χ3n) is 12.7. The van der Waals surface area contributed by atoms with Crippen molar-refractivity contribution in [2.24, 2.45) is 0 Å². The lowest BCUT2D eigenvalue weighted by atomic mass is 9.97. The van der Waals surface area contributed by atoms with Gasteiger partial charge in [0, 0.05) is 70.5 Å². The summed E-state index contributed by atoms with van der Waals surface area (Å²) in [6.45, 7) is 0. The maximum atomic E-state index is 2.58. The molecular formula is C52H29N3. The molecule has 0 amide bonds. The van der Waals surface area contributed by atoms with E-state index in [9.17, 15) is 0 Å². The van der Waals surface area contributed by atoms with E-state index in [2.05, 4.69) is 189 Å². The fraction of sp³-hybridized carbons (Fsp3) is 0. The summed E-state index contributed by atoms with van der Waals surface area (Å²) in [7, 11) is 0. The smallest absolute Gasteiger partial charge is 0.0627 e. The first-order chi connectivity index (χ1) is 27.3. The van der Waals surface area contributed by atoms with Crippen LogP contribution < -0.4 is 0 Å². The molecule has 9 aromatic carbocycles. The molecule has 0 atom stereocenters. The van der Waals surface area contributed by atoms with Crippen molar-refractivity contribution in [2.45, 2.75) is 0 Å². The minimum Gasteiger partial charge on any atom is -0.309 e. The number of aromatic nitrogens is 3. The molecule has 0 bridgehead atoms. The number of hydrogen-bond acceptors (Lipinski definition) is 0. The fourth-order valence-corrected chi connectivity index (χ4v) is 10.6. The molecule has 0 aliphatic carbocycles. The number of fused-ring (bicyclic) bond motifs is 18. The van der Waals surface area contributed by atoms with Crippen LogP contribution in [0.15, 0.2) is 176 Å². The van der Waals surface area contributed by atoms with Crippen LogP contribution >= 0.6 is 0 Å². The van der Waals surface area contributed by atoms with Crippen LogP contribution in [0.5, 0.6) is 0 Å². The minimum absolute atomic E-state index is 1.18. The summed E-state index contributed by atoms with van der Waals surface area (Å²) in [4.78, 5) is 0. The van der Waals surface area contributed by atoms with Gasteiger partial charge in [0.25, 0.3) is 0 Å². The monoisotopic (exact) mass is 695 g/mol. The molecule has 0 saturated heterocycles. The van der Waals surface area contributed by atoms with Crippen LogP contribution in [-0.4, -0.2) is 13.4 Å². The first-order valence-corrected chi connectivity index (χ1v) is 19.1. The largest absolute Gasteiger partial charge is 0.309 e. The maximum Gasteiger partial charge on any atom is 0.0627 e. The van der Waals surface area contributed by atoms with Gasteiger partial charge < -0.3 is 13.4 Å². The molecule has 3 nitrogen and oxygen atoms in total. The Morgan fingerprint density at radius 3 is 1.65 bits per heavy atom. The summed E-state index contributed by atoms with van der Waals surface area (Å²) in [5.41, 5.74) is 13.8. The van der Waals surface area contributed by atoms with E-state index >= 15 is 0 Å². The third-order valence-corrected chi connectivity index (χ3v) is 12.7.